The molecule has 196 valence electrons. The molecule has 1 aliphatic heterocycles. The van der Waals surface area contributed by atoms with E-state index in [-0.39, 0.29) is 25.0 Å². The zero-order valence-electron chi connectivity index (χ0n) is 22.5. The SMILES string of the molecule is CC(C)(C)CCN1CCN(CCOC(=O)CCC(=O)Oc2ccccc2CC(=O)C(C)(C)C)CC1. The van der Waals surface area contributed by atoms with Gasteiger partial charge in [-0.2, -0.15) is 0 Å². The van der Waals surface area contributed by atoms with E-state index < -0.39 is 17.4 Å². The maximum absolute atomic E-state index is 12.4. The molecule has 0 saturated carbocycles. The van der Waals surface area contributed by atoms with E-state index in [0.717, 1.165) is 32.7 Å². The second-order valence-corrected chi connectivity index (χ2v) is 11.6. The number of esters is 2. The largest absolute Gasteiger partial charge is 0.464 e. The number of benzene rings is 1. The van der Waals surface area contributed by atoms with Crippen molar-refractivity contribution in [3.05, 3.63) is 29.8 Å². The second kappa shape index (κ2) is 13.2. The van der Waals surface area contributed by atoms with Crippen LogP contribution in [-0.4, -0.2) is 73.4 Å². The number of hydrogen-bond acceptors (Lipinski definition) is 7. The fourth-order valence-corrected chi connectivity index (χ4v) is 3.66. The molecule has 0 atom stereocenters. The van der Waals surface area contributed by atoms with Crippen LogP contribution in [0.4, 0.5) is 0 Å². The van der Waals surface area contributed by atoms with E-state index in [9.17, 15) is 14.4 Å². The number of rotatable bonds is 11. The van der Waals surface area contributed by atoms with E-state index in [1.165, 1.54) is 6.42 Å². The van der Waals surface area contributed by atoms with Crippen molar-refractivity contribution >= 4 is 17.7 Å². The third-order valence-corrected chi connectivity index (χ3v) is 6.23. The minimum Gasteiger partial charge on any atom is -0.464 e. The van der Waals surface area contributed by atoms with Crippen molar-refractivity contribution in [1.29, 1.82) is 0 Å². The highest BCUT2D eigenvalue weighted by Gasteiger charge is 2.23. The normalized spacial score (nSPS) is 15.6. The molecule has 1 aromatic rings. The van der Waals surface area contributed by atoms with Crippen molar-refractivity contribution in [2.75, 3.05) is 45.9 Å². The third-order valence-electron chi connectivity index (χ3n) is 6.23. The van der Waals surface area contributed by atoms with Gasteiger partial charge in [0.15, 0.2) is 0 Å². The summed E-state index contributed by atoms with van der Waals surface area (Å²) in [4.78, 5) is 41.6. The number of carbonyl (C=O) groups excluding carboxylic acids is 3. The molecule has 1 aromatic carbocycles. The zero-order valence-corrected chi connectivity index (χ0v) is 22.5. The van der Waals surface area contributed by atoms with Crippen LogP contribution in [0.3, 0.4) is 0 Å². The number of ether oxygens (including phenoxy) is 2. The summed E-state index contributed by atoms with van der Waals surface area (Å²) in [6.45, 7) is 18.6. The van der Waals surface area contributed by atoms with Crippen LogP contribution in [0.5, 0.6) is 5.75 Å². The average Bonchev–Trinajstić information content (AvgIpc) is 2.77. The Kier molecular flexibility index (Phi) is 10.9. The first-order chi connectivity index (χ1) is 16.3. The Balaban J connectivity index is 1.65. The lowest BCUT2D eigenvalue weighted by Crippen LogP contribution is -2.47. The fourth-order valence-electron chi connectivity index (χ4n) is 3.66. The van der Waals surface area contributed by atoms with E-state index in [0.29, 0.717) is 29.9 Å². The molecular weight excluding hydrogens is 444 g/mol. The minimum absolute atomic E-state index is 0.0253. The summed E-state index contributed by atoms with van der Waals surface area (Å²) in [5, 5.41) is 0. The lowest BCUT2D eigenvalue weighted by atomic mass is 9.87. The summed E-state index contributed by atoms with van der Waals surface area (Å²) in [5.74, 6) is -0.480. The van der Waals surface area contributed by atoms with Gasteiger partial charge >= 0.3 is 11.9 Å². The van der Waals surface area contributed by atoms with Crippen molar-refractivity contribution < 1.29 is 23.9 Å². The van der Waals surface area contributed by atoms with Gasteiger partial charge in [-0.25, -0.2) is 0 Å². The molecule has 0 radical (unpaired) electrons. The van der Waals surface area contributed by atoms with Gasteiger partial charge in [0.25, 0.3) is 0 Å². The smallest absolute Gasteiger partial charge is 0.311 e. The Hall–Kier alpha value is -2.25. The Morgan fingerprint density at radius 1 is 0.829 bits per heavy atom. The Morgan fingerprint density at radius 3 is 2.00 bits per heavy atom. The maximum atomic E-state index is 12.4. The molecule has 0 aromatic heterocycles. The van der Waals surface area contributed by atoms with E-state index in [2.05, 4.69) is 30.6 Å². The molecule has 0 bridgehead atoms. The van der Waals surface area contributed by atoms with Gasteiger partial charge in [-0.15, -0.1) is 0 Å². The average molecular weight is 489 g/mol. The van der Waals surface area contributed by atoms with Crippen molar-refractivity contribution in [2.24, 2.45) is 10.8 Å². The highest BCUT2D eigenvalue weighted by atomic mass is 16.5. The first kappa shape index (κ1) is 29.0. The van der Waals surface area contributed by atoms with Crippen LogP contribution in [0, 0.1) is 10.8 Å². The topological polar surface area (TPSA) is 76.2 Å². The summed E-state index contributed by atoms with van der Waals surface area (Å²) in [7, 11) is 0. The van der Waals surface area contributed by atoms with Gasteiger partial charge in [0, 0.05) is 50.1 Å². The molecule has 2 rings (SSSR count). The van der Waals surface area contributed by atoms with Crippen LogP contribution in [0.25, 0.3) is 0 Å². The quantitative estimate of drug-likeness (QED) is 0.342. The van der Waals surface area contributed by atoms with Gasteiger partial charge in [-0.05, 0) is 24.4 Å². The molecule has 1 aliphatic rings. The minimum atomic E-state index is -0.510. The number of ketones is 1. The van der Waals surface area contributed by atoms with Crippen LogP contribution in [0.15, 0.2) is 24.3 Å². The maximum Gasteiger partial charge on any atom is 0.311 e. The highest BCUT2D eigenvalue weighted by Crippen LogP contribution is 2.24. The van der Waals surface area contributed by atoms with Gasteiger partial charge in [0.2, 0.25) is 0 Å². The molecule has 1 fully saturated rings. The van der Waals surface area contributed by atoms with Gasteiger partial charge in [0.1, 0.15) is 18.1 Å². The molecule has 0 unspecified atom stereocenters. The monoisotopic (exact) mass is 488 g/mol. The molecule has 0 N–H and O–H groups in total. The summed E-state index contributed by atoms with van der Waals surface area (Å²) in [6.07, 6.45) is 1.29. The predicted octanol–water partition coefficient (Wildman–Crippen LogP) is 4.13. The predicted molar refractivity (Wildman–Crippen MR) is 137 cm³/mol. The molecule has 7 heteroatoms. The molecule has 1 heterocycles. The molecule has 35 heavy (non-hydrogen) atoms. The number of nitrogens with zero attached hydrogens (tertiary/aromatic N) is 2. The number of hydrogen-bond donors (Lipinski definition) is 0. The fraction of sp³-hybridized carbons (Fsp3) is 0.679. The standard InChI is InChI=1S/C28H44N2O5/c1-27(2,3)13-14-29-15-17-30(18-16-29)19-20-34-25(32)11-12-26(33)35-23-10-8-7-9-22(23)21-24(31)28(4,5)6/h7-10H,11-21H2,1-6H3. The zero-order chi connectivity index (χ0) is 26.1. The van der Waals surface area contributed by atoms with Gasteiger partial charge in [-0.3, -0.25) is 19.3 Å². The highest BCUT2D eigenvalue weighted by molar-refractivity contribution is 5.86. The Morgan fingerprint density at radius 2 is 1.40 bits per heavy atom. The van der Waals surface area contributed by atoms with Crippen LogP contribution in [0.1, 0.15) is 66.4 Å². The molecule has 0 aliphatic carbocycles. The number of para-hydroxylation sites is 1. The third kappa shape index (κ3) is 11.4. The van der Waals surface area contributed by atoms with Crippen molar-refractivity contribution in [1.82, 2.24) is 9.80 Å². The van der Waals surface area contributed by atoms with Crippen LogP contribution >= 0.6 is 0 Å². The van der Waals surface area contributed by atoms with Crippen molar-refractivity contribution in [2.45, 2.75) is 67.2 Å². The molecular formula is C28H44N2O5. The van der Waals surface area contributed by atoms with E-state index in [4.69, 9.17) is 9.47 Å². The Bertz CT molecular complexity index is 846. The van der Waals surface area contributed by atoms with Gasteiger partial charge < -0.3 is 14.4 Å². The Labute approximate surface area is 211 Å². The van der Waals surface area contributed by atoms with E-state index in [1.54, 1.807) is 18.2 Å². The number of piperazine rings is 1. The summed E-state index contributed by atoms with van der Waals surface area (Å²) in [6, 6.07) is 7.02. The van der Waals surface area contributed by atoms with E-state index >= 15 is 0 Å². The van der Waals surface area contributed by atoms with E-state index in [1.807, 2.05) is 26.8 Å². The number of Topliss-reactive ketones (excluding diaryl/α,β-unsaturated/α-hetero) is 1. The summed E-state index contributed by atoms with van der Waals surface area (Å²) >= 11 is 0. The lowest BCUT2D eigenvalue weighted by molar-refractivity contribution is -0.147. The molecule has 7 nitrogen and oxygen atoms in total. The first-order valence-corrected chi connectivity index (χ1v) is 12.8. The molecule has 0 amide bonds. The summed E-state index contributed by atoms with van der Waals surface area (Å²) < 4.78 is 10.8. The van der Waals surface area contributed by atoms with Crippen LogP contribution < -0.4 is 4.74 Å². The second-order valence-electron chi connectivity index (χ2n) is 11.6. The lowest BCUT2D eigenvalue weighted by Gasteiger charge is -2.35. The van der Waals surface area contributed by atoms with Gasteiger partial charge in [0.05, 0.1) is 12.8 Å². The number of carbonyl (C=O) groups is 3. The van der Waals surface area contributed by atoms with Crippen LogP contribution in [0.2, 0.25) is 0 Å². The van der Waals surface area contributed by atoms with Crippen molar-refractivity contribution in [3.8, 4) is 5.75 Å². The first-order valence-electron chi connectivity index (χ1n) is 12.8. The molecule has 1 saturated heterocycles. The summed E-state index contributed by atoms with van der Waals surface area (Å²) in [5.41, 5.74) is 0.550. The molecule has 0 spiro atoms. The van der Waals surface area contributed by atoms with Crippen molar-refractivity contribution in [3.63, 3.8) is 0 Å². The van der Waals surface area contributed by atoms with Crippen LogP contribution in [-0.2, 0) is 25.5 Å². The van der Waals surface area contributed by atoms with Gasteiger partial charge in [-0.1, -0.05) is 59.7 Å².